The Morgan fingerprint density at radius 2 is 1.97 bits per heavy atom. The molecule has 4 rings (SSSR count). The van der Waals surface area contributed by atoms with E-state index in [4.69, 9.17) is 5.73 Å². The zero-order chi connectivity index (χ0) is 23.8. The van der Waals surface area contributed by atoms with Crippen LogP contribution >= 0.6 is 0 Å². The lowest BCUT2D eigenvalue weighted by Crippen LogP contribution is -2.37. The van der Waals surface area contributed by atoms with Gasteiger partial charge in [-0.05, 0) is 36.4 Å². The summed E-state index contributed by atoms with van der Waals surface area (Å²) >= 11 is 0. The molecule has 0 saturated carbocycles. The van der Waals surface area contributed by atoms with Gasteiger partial charge in [0.05, 0.1) is 5.69 Å². The molecular weight excluding hydrogens is 430 g/mol. The predicted octanol–water partition coefficient (Wildman–Crippen LogP) is 2.13. The molecule has 2 amide bonds. The van der Waals surface area contributed by atoms with E-state index in [-0.39, 0.29) is 29.2 Å². The van der Waals surface area contributed by atoms with Gasteiger partial charge in [-0.3, -0.25) is 9.59 Å². The molecule has 166 valence electrons. The molecule has 0 radical (unpaired) electrons. The highest BCUT2D eigenvalue weighted by molar-refractivity contribution is 5.92. The van der Waals surface area contributed by atoms with Crippen LogP contribution in [0.3, 0.4) is 0 Å². The first-order chi connectivity index (χ1) is 15.7. The molecule has 1 fully saturated rings. The van der Waals surface area contributed by atoms with Gasteiger partial charge in [0.1, 0.15) is 17.3 Å². The summed E-state index contributed by atoms with van der Waals surface area (Å²) in [5.74, 6) is 2.72. The van der Waals surface area contributed by atoms with Crippen molar-refractivity contribution < 1.29 is 23.5 Å². The molecular formula is C24H18F2N4O3. The molecule has 1 aromatic heterocycles. The van der Waals surface area contributed by atoms with Crippen molar-refractivity contribution in [1.82, 2.24) is 14.9 Å². The van der Waals surface area contributed by atoms with Crippen LogP contribution < -0.4 is 5.73 Å². The minimum absolute atomic E-state index is 0.0174. The summed E-state index contributed by atoms with van der Waals surface area (Å²) in [6.07, 6.45) is 0.196. The Labute approximate surface area is 187 Å². The smallest absolute Gasteiger partial charge is 0.267 e. The maximum absolute atomic E-state index is 14.3. The van der Waals surface area contributed by atoms with E-state index < -0.39 is 29.0 Å². The zero-order valence-corrected chi connectivity index (χ0v) is 17.5. The lowest BCUT2D eigenvalue weighted by molar-refractivity contribution is -0.137. The number of halogens is 2. The van der Waals surface area contributed by atoms with E-state index in [0.717, 1.165) is 18.2 Å². The molecule has 2 heterocycles. The Morgan fingerprint density at radius 1 is 1.18 bits per heavy atom. The second-order valence-corrected chi connectivity index (χ2v) is 7.62. The third-order valence-electron chi connectivity index (χ3n) is 5.23. The summed E-state index contributed by atoms with van der Waals surface area (Å²) in [5.41, 5.74) is 4.15. The number of amides is 2. The second-order valence-electron chi connectivity index (χ2n) is 7.62. The second kappa shape index (κ2) is 8.41. The van der Waals surface area contributed by atoms with Crippen molar-refractivity contribution in [3.63, 3.8) is 0 Å². The largest absolute Gasteiger partial charge is 0.369 e. The zero-order valence-electron chi connectivity index (χ0n) is 17.5. The summed E-state index contributed by atoms with van der Waals surface area (Å²) in [7, 11) is 1.59. The van der Waals surface area contributed by atoms with Crippen LogP contribution in [0.25, 0.3) is 22.6 Å². The molecule has 0 unspecified atom stereocenters. The van der Waals surface area contributed by atoms with Crippen LogP contribution in [0, 0.1) is 23.5 Å². The van der Waals surface area contributed by atoms with Gasteiger partial charge in [0.15, 0.2) is 5.82 Å². The lowest BCUT2D eigenvalue weighted by Gasteiger charge is -2.13. The number of carbonyl (C=O) groups is 2. The third-order valence-corrected chi connectivity index (χ3v) is 5.23. The topological polar surface area (TPSA) is 109 Å². The van der Waals surface area contributed by atoms with Crippen molar-refractivity contribution >= 4 is 11.8 Å². The Hall–Kier alpha value is -4.16. The van der Waals surface area contributed by atoms with Crippen LogP contribution in [0.2, 0.25) is 0 Å². The van der Waals surface area contributed by atoms with Crippen molar-refractivity contribution in [3.05, 3.63) is 71.4 Å². The summed E-state index contributed by atoms with van der Waals surface area (Å²) in [6, 6.07) is 10.6. The lowest BCUT2D eigenvalue weighted by atomic mass is 10.0. The number of benzene rings is 2. The molecule has 0 bridgehead atoms. The molecule has 1 aliphatic rings. The van der Waals surface area contributed by atoms with Crippen LogP contribution in [0.15, 0.2) is 48.5 Å². The predicted molar refractivity (Wildman–Crippen MR) is 115 cm³/mol. The fraction of sp³-hybridized carbons (Fsp3) is 0.167. The Balaban J connectivity index is 1.77. The van der Waals surface area contributed by atoms with Crippen molar-refractivity contribution in [1.29, 1.82) is 0 Å². The van der Waals surface area contributed by atoms with E-state index >= 15 is 0 Å². The molecule has 1 atom stereocenters. The number of carbonyl (C=O) groups excluding carboxylic acids is 2. The number of likely N-dealkylation sites (N-methyl/N-ethyl adjacent to an activating group) is 1. The van der Waals surface area contributed by atoms with Gasteiger partial charge in [0.25, 0.3) is 11.8 Å². The van der Waals surface area contributed by atoms with Gasteiger partial charge in [0, 0.05) is 36.7 Å². The number of nitrogens with zero attached hydrogens (tertiary/aromatic N) is 3. The van der Waals surface area contributed by atoms with Gasteiger partial charge < -0.3 is 15.7 Å². The monoisotopic (exact) mass is 448 g/mol. The average Bonchev–Trinajstić information content (AvgIpc) is 3.07. The minimum atomic E-state index is -1.75. The van der Waals surface area contributed by atoms with Gasteiger partial charge in [0.2, 0.25) is 5.60 Å². The summed E-state index contributed by atoms with van der Waals surface area (Å²) in [6.45, 7) is 0.400. The van der Waals surface area contributed by atoms with Crippen LogP contribution in [-0.2, 0) is 4.79 Å². The first-order valence-electron chi connectivity index (χ1n) is 9.92. The Bertz CT molecular complexity index is 1350. The highest BCUT2D eigenvalue weighted by atomic mass is 19.1. The minimum Gasteiger partial charge on any atom is -0.369 e. The molecule has 1 saturated heterocycles. The molecule has 0 aliphatic carbocycles. The number of nitrogens with two attached hydrogens (primary N) is 1. The quantitative estimate of drug-likeness (QED) is 0.597. The molecule has 33 heavy (non-hydrogen) atoms. The van der Waals surface area contributed by atoms with Crippen LogP contribution in [0.5, 0.6) is 0 Å². The van der Waals surface area contributed by atoms with E-state index in [0.29, 0.717) is 17.7 Å². The maximum Gasteiger partial charge on any atom is 0.267 e. The molecule has 3 aromatic rings. The van der Waals surface area contributed by atoms with Gasteiger partial charge >= 0.3 is 0 Å². The average molecular weight is 448 g/mol. The van der Waals surface area contributed by atoms with E-state index in [1.807, 2.05) is 0 Å². The highest BCUT2D eigenvalue weighted by Gasteiger charge is 2.42. The molecule has 0 spiro atoms. The van der Waals surface area contributed by atoms with Crippen molar-refractivity contribution in [2.75, 3.05) is 13.6 Å². The summed E-state index contributed by atoms with van der Waals surface area (Å²) in [4.78, 5) is 33.7. The SMILES string of the molecule is CN1CC[C@@](O)(C#Cc2cccc(-c3nc(C(N)=O)cc(-c4cc(F)ccc4F)n3)c2)C1=O. The van der Waals surface area contributed by atoms with Gasteiger partial charge in [-0.1, -0.05) is 24.0 Å². The van der Waals surface area contributed by atoms with E-state index in [9.17, 15) is 23.5 Å². The van der Waals surface area contributed by atoms with Crippen molar-refractivity contribution in [2.45, 2.75) is 12.0 Å². The number of rotatable bonds is 3. The molecule has 1 aliphatic heterocycles. The van der Waals surface area contributed by atoms with E-state index in [2.05, 4.69) is 21.8 Å². The molecule has 7 nitrogen and oxygen atoms in total. The van der Waals surface area contributed by atoms with Crippen LogP contribution in [-0.4, -0.2) is 51.0 Å². The van der Waals surface area contributed by atoms with Gasteiger partial charge in [-0.15, -0.1) is 0 Å². The van der Waals surface area contributed by atoms with Gasteiger partial charge in [-0.25, -0.2) is 18.7 Å². The van der Waals surface area contributed by atoms with E-state index in [1.54, 1.807) is 31.3 Å². The third kappa shape index (κ3) is 4.42. The fourth-order valence-electron chi connectivity index (χ4n) is 3.42. The number of hydrogen-bond donors (Lipinski definition) is 2. The number of likely N-dealkylation sites (tertiary alicyclic amines) is 1. The molecule has 3 N–H and O–H groups in total. The van der Waals surface area contributed by atoms with Crippen LogP contribution in [0.1, 0.15) is 22.5 Å². The number of primary amides is 1. The summed E-state index contributed by atoms with van der Waals surface area (Å²) < 4.78 is 28.0. The first kappa shape index (κ1) is 22.0. The fourth-order valence-corrected chi connectivity index (χ4v) is 3.42. The first-order valence-corrected chi connectivity index (χ1v) is 9.92. The summed E-state index contributed by atoms with van der Waals surface area (Å²) in [5, 5.41) is 10.5. The van der Waals surface area contributed by atoms with Gasteiger partial charge in [-0.2, -0.15) is 0 Å². The number of hydrogen-bond acceptors (Lipinski definition) is 5. The maximum atomic E-state index is 14.3. The molecule has 9 heteroatoms. The normalized spacial score (nSPS) is 17.6. The van der Waals surface area contributed by atoms with E-state index in [1.165, 1.54) is 11.0 Å². The van der Waals surface area contributed by atoms with Crippen molar-refractivity contribution in [2.24, 2.45) is 5.73 Å². The number of aliphatic hydroxyl groups is 1. The molecule has 2 aromatic carbocycles. The number of aromatic nitrogens is 2. The van der Waals surface area contributed by atoms with Crippen LogP contribution in [0.4, 0.5) is 8.78 Å². The Kier molecular flexibility index (Phi) is 5.62. The highest BCUT2D eigenvalue weighted by Crippen LogP contribution is 2.26. The van der Waals surface area contributed by atoms with Crippen molar-refractivity contribution in [3.8, 4) is 34.5 Å². The Morgan fingerprint density at radius 3 is 2.67 bits per heavy atom. The standard InChI is InChI=1S/C24H18F2N4O3/c1-30-10-9-24(33,23(30)32)8-7-14-3-2-4-15(11-14)22-28-19(13-20(29-22)21(27)31)17-12-16(25)5-6-18(17)26/h2-6,11-13,33H,9-10H2,1H3,(H2,27,31)/t24-/m0/s1.